The van der Waals surface area contributed by atoms with Gasteiger partial charge in [-0.1, -0.05) is 53.6 Å². The molecule has 1 amide bonds. The zero-order valence-corrected chi connectivity index (χ0v) is 16.6. The standard InChI is InChI=1S/C21H18ClF3N4O/c1-12-6-8-13(9-7-12)17-10-18(21(23,24)25)29-19(27-17)14(11-26-29)20(30)28-16-5-3-2-4-15(16)22/h2-9,11,17-18,27H,10H2,1H3,(H,28,30)/t17-,18-/m1/s1. The number of carbonyl (C=O) groups is 1. The van der Waals surface area contributed by atoms with Crippen molar-refractivity contribution in [3.05, 3.63) is 76.4 Å². The zero-order valence-electron chi connectivity index (χ0n) is 15.9. The third-order valence-electron chi connectivity index (χ3n) is 5.08. The second kappa shape index (κ2) is 7.68. The van der Waals surface area contributed by atoms with Crippen LogP contribution in [0.25, 0.3) is 0 Å². The number of aryl methyl sites for hydroxylation is 1. The van der Waals surface area contributed by atoms with Crippen molar-refractivity contribution in [1.29, 1.82) is 0 Å². The molecule has 0 fully saturated rings. The van der Waals surface area contributed by atoms with Gasteiger partial charge in [-0.15, -0.1) is 0 Å². The minimum absolute atomic E-state index is 0.0148. The predicted molar refractivity (Wildman–Crippen MR) is 109 cm³/mol. The van der Waals surface area contributed by atoms with Crippen LogP contribution in [-0.4, -0.2) is 21.9 Å². The summed E-state index contributed by atoms with van der Waals surface area (Å²) in [6.45, 7) is 1.91. The molecule has 0 bridgehead atoms. The van der Waals surface area contributed by atoms with Gasteiger partial charge in [-0.3, -0.25) is 4.79 Å². The number of rotatable bonds is 3. The van der Waals surface area contributed by atoms with Gasteiger partial charge in [0.25, 0.3) is 5.91 Å². The lowest BCUT2D eigenvalue weighted by molar-refractivity contribution is -0.173. The van der Waals surface area contributed by atoms with Crippen LogP contribution in [0.5, 0.6) is 0 Å². The summed E-state index contributed by atoms with van der Waals surface area (Å²) in [5.41, 5.74) is 2.09. The van der Waals surface area contributed by atoms with Crippen LogP contribution in [0.4, 0.5) is 24.7 Å². The molecule has 0 saturated heterocycles. The van der Waals surface area contributed by atoms with Crippen molar-refractivity contribution in [2.24, 2.45) is 0 Å². The van der Waals surface area contributed by atoms with Gasteiger partial charge in [0.05, 0.1) is 22.9 Å². The molecule has 0 radical (unpaired) electrons. The molecule has 30 heavy (non-hydrogen) atoms. The molecule has 1 aliphatic rings. The summed E-state index contributed by atoms with van der Waals surface area (Å²) in [5.74, 6) is -0.568. The van der Waals surface area contributed by atoms with Crippen LogP contribution in [0, 0.1) is 6.92 Å². The molecule has 1 aliphatic heterocycles. The predicted octanol–water partition coefficient (Wildman–Crippen LogP) is 5.76. The Balaban J connectivity index is 1.70. The lowest BCUT2D eigenvalue weighted by atomic mass is 9.96. The highest BCUT2D eigenvalue weighted by molar-refractivity contribution is 6.34. The average molecular weight is 435 g/mol. The summed E-state index contributed by atoms with van der Waals surface area (Å²) in [5, 5.41) is 9.90. The van der Waals surface area contributed by atoms with Gasteiger partial charge in [0.1, 0.15) is 11.4 Å². The van der Waals surface area contributed by atoms with E-state index in [0.29, 0.717) is 16.3 Å². The number of benzene rings is 2. The highest BCUT2D eigenvalue weighted by atomic mass is 35.5. The fraction of sp³-hybridized carbons (Fsp3) is 0.238. The summed E-state index contributed by atoms with van der Waals surface area (Å²) < 4.78 is 42.2. The quantitative estimate of drug-likeness (QED) is 0.551. The van der Waals surface area contributed by atoms with Crippen LogP contribution < -0.4 is 10.6 Å². The van der Waals surface area contributed by atoms with E-state index in [9.17, 15) is 18.0 Å². The number of para-hydroxylation sites is 1. The summed E-state index contributed by atoms with van der Waals surface area (Å²) in [4.78, 5) is 12.8. The summed E-state index contributed by atoms with van der Waals surface area (Å²) in [6, 6.07) is 11.4. The maximum atomic E-state index is 13.8. The molecular weight excluding hydrogens is 417 g/mol. The topological polar surface area (TPSA) is 59.0 Å². The minimum Gasteiger partial charge on any atom is -0.363 e. The normalized spacial score (nSPS) is 18.4. The van der Waals surface area contributed by atoms with Crippen molar-refractivity contribution >= 4 is 29.0 Å². The molecule has 9 heteroatoms. The Hall–Kier alpha value is -3.00. The highest BCUT2D eigenvalue weighted by Gasteiger charge is 2.47. The van der Waals surface area contributed by atoms with E-state index in [2.05, 4.69) is 15.7 Å². The van der Waals surface area contributed by atoms with Crippen LogP contribution in [0.3, 0.4) is 0 Å². The van der Waals surface area contributed by atoms with E-state index < -0.39 is 24.2 Å². The van der Waals surface area contributed by atoms with Crippen molar-refractivity contribution in [2.45, 2.75) is 31.6 Å². The van der Waals surface area contributed by atoms with E-state index in [0.717, 1.165) is 16.4 Å². The number of fused-ring (bicyclic) bond motifs is 1. The Labute approximate surface area is 175 Å². The number of anilines is 2. The first-order valence-electron chi connectivity index (χ1n) is 9.27. The Morgan fingerprint density at radius 1 is 1.20 bits per heavy atom. The highest BCUT2D eigenvalue weighted by Crippen LogP contribution is 2.44. The molecule has 156 valence electrons. The molecule has 2 N–H and O–H groups in total. The number of amides is 1. The number of nitrogens with zero attached hydrogens (tertiary/aromatic N) is 2. The third kappa shape index (κ3) is 3.87. The average Bonchev–Trinajstić information content (AvgIpc) is 3.13. The van der Waals surface area contributed by atoms with Gasteiger partial charge in [0, 0.05) is 6.42 Å². The van der Waals surface area contributed by atoms with E-state index in [-0.39, 0.29) is 17.8 Å². The zero-order chi connectivity index (χ0) is 21.5. The molecule has 5 nitrogen and oxygen atoms in total. The van der Waals surface area contributed by atoms with E-state index in [1.54, 1.807) is 36.4 Å². The largest absolute Gasteiger partial charge is 0.410 e. The maximum Gasteiger partial charge on any atom is 0.410 e. The lowest BCUT2D eigenvalue weighted by Gasteiger charge is -2.34. The Kier molecular flexibility index (Phi) is 5.19. The van der Waals surface area contributed by atoms with E-state index in [1.165, 1.54) is 0 Å². The molecule has 2 heterocycles. The van der Waals surface area contributed by atoms with Crippen molar-refractivity contribution < 1.29 is 18.0 Å². The summed E-state index contributed by atoms with van der Waals surface area (Å²) in [6.07, 6.45) is -3.60. The monoisotopic (exact) mass is 434 g/mol. The number of alkyl halides is 3. The summed E-state index contributed by atoms with van der Waals surface area (Å²) >= 11 is 6.07. The molecule has 1 aromatic heterocycles. The minimum atomic E-state index is -4.51. The van der Waals surface area contributed by atoms with Gasteiger partial charge in [0.2, 0.25) is 0 Å². The Morgan fingerprint density at radius 2 is 1.90 bits per heavy atom. The fourth-order valence-electron chi connectivity index (χ4n) is 3.50. The number of hydrogen-bond acceptors (Lipinski definition) is 3. The number of aromatic nitrogens is 2. The number of nitrogens with one attached hydrogen (secondary N) is 2. The van der Waals surface area contributed by atoms with Gasteiger partial charge in [-0.25, -0.2) is 4.68 Å². The molecule has 3 aromatic rings. The van der Waals surface area contributed by atoms with Gasteiger partial charge in [-0.05, 0) is 24.6 Å². The van der Waals surface area contributed by atoms with Gasteiger partial charge in [-0.2, -0.15) is 18.3 Å². The lowest BCUT2D eigenvalue weighted by Crippen LogP contribution is -2.36. The van der Waals surface area contributed by atoms with Crippen molar-refractivity contribution in [3.8, 4) is 0 Å². The van der Waals surface area contributed by atoms with Crippen LogP contribution in [0.15, 0.2) is 54.7 Å². The Bertz CT molecular complexity index is 1080. The first kappa shape index (κ1) is 20.3. The fourth-order valence-corrected chi connectivity index (χ4v) is 3.68. The van der Waals surface area contributed by atoms with E-state index in [4.69, 9.17) is 11.6 Å². The van der Waals surface area contributed by atoms with E-state index >= 15 is 0 Å². The maximum absolute atomic E-state index is 13.8. The number of halogens is 4. The molecule has 2 aromatic carbocycles. The first-order valence-corrected chi connectivity index (χ1v) is 9.65. The number of carbonyl (C=O) groups excluding carboxylic acids is 1. The van der Waals surface area contributed by atoms with Crippen molar-refractivity contribution in [1.82, 2.24) is 9.78 Å². The number of hydrogen-bond donors (Lipinski definition) is 2. The molecule has 2 atom stereocenters. The van der Waals surface area contributed by atoms with Gasteiger partial charge >= 0.3 is 6.18 Å². The first-order chi connectivity index (χ1) is 14.2. The Morgan fingerprint density at radius 3 is 2.57 bits per heavy atom. The second-order valence-corrected chi connectivity index (χ2v) is 7.59. The molecule has 4 rings (SSSR count). The van der Waals surface area contributed by atoms with Crippen molar-refractivity contribution in [3.63, 3.8) is 0 Å². The summed E-state index contributed by atoms with van der Waals surface area (Å²) in [7, 11) is 0. The van der Waals surface area contributed by atoms with Gasteiger partial charge in [0.15, 0.2) is 6.04 Å². The van der Waals surface area contributed by atoms with Crippen LogP contribution >= 0.6 is 11.6 Å². The van der Waals surface area contributed by atoms with Crippen molar-refractivity contribution in [2.75, 3.05) is 10.6 Å². The second-order valence-electron chi connectivity index (χ2n) is 7.19. The third-order valence-corrected chi connectivity index (χ3v) is 5.41. The molecule has 0 aliphatic carbocycles. The van der Waals surface area contributed by atoms with Crippen LogP contribution in [0.2, 0.25) is 5.02 Å². The molecular formula is C21H18ClF3N4O. The molecule has 0 unspecified atom stereocenters. The van der Waals surface area contributed by atoms with Crippen LogP contribution in [0.1, 0.15) is 40.0 Å². The molecule has 0 spiro atoms. The molecule has 0 saturated carbocycles. The smallest absolute Gasteiger partial charge is 0.363 e. The van der Waals surface area contributed by atoms with E-state index in [1.807, 2.05) is 19.1 Å². The van der Waals surface area contributed by atoms with Gasteiger partial charge < -0.3 is 10.6 Å². The SMILES string of the molecule is Cc1ccc([C@H]2C[C@H](C(F)(F)F)n3ncc(C(=O)Nc4ccccc4Cl)c3N2)cc1. The van der Waals surface area contributed by atoms with Crippen LogP contribution in [-0.2, 0) is 0 Å².